The first-order valence-electron chi connectivity index (χ1n) is 5.56. The Balaban J connectivity index is 2.39. The number of rotatable bonds is 4. The van der Waals surface area contributed by atoms with Gasteiger partial charge < -0.3 is 10.6 Å². The minimum Gasteiger partial charge on any atom is -0.373 e. The molecule has 1 heterocycles. The van der Waals surface area contributed by atoms with E-state index in [-0.39, 0.29) is 5.69 Å². The van der Waals surface area contributed by atoms with E-state index in [9.17, 15) is 8.78 Å². The van der Waals surface area contributed by atoms with Crippen LogP contribution in [0.3, 0.4) is 0 Å². The van der Waals surface area contributed by atoms with Gasteiger partial charge in [-0.15, -0.1) is 0 Å². The van der Waals surface area contributed by atoms with Crippen molar-refractivity contribution >= 4 is 45.0 Å². The number of thioether (sulfide) groups is 1. The number of nitrogens with zero attached hydrogens (tertiary/aromatic N) is 2. The van der Waals surface area contributed by atoms with Crippen molar-refractivity contribution in [1.29, 1.82) is 0 Å². The first-order valence-corrected chi connectivity index (χ1v) is 7.57. The Labute approximate surface area is 127 Å². The molecule has 0 fully saturated rings. The standard InChI is InChI=1S/C12H11BrF2N4S/c1-16-9-5-10(19-12(18-9)20-2)17-11-7(14)3-6(13)4-8(11)15/h3-5H,1-2H3,(H2,16,17,18,19). The highest BCUT2D eigenvalue weighted by Crippen LogP contribution is 2.27. The zero-order valence-corrected chi connectivity index (χ0v) is 13.1. The Morgan fingerprint density at radius 2 is 1.70 bits per heavy atom. The Hall–Kier alpha value is -1.41. The molecular formula is C12H11BrF2N4S. The number of anilines is 3. The summed E-state index contributed by atoms with van der Waals surface area (Å²) in [5.74, 6) is -0.530. The molecule has 2 aromatic rings. The Morgan fingerprint density at radius 1 is 1.10 bits per heavy atom. The highest BCUT2D eigenvalue weighted by molar-refractivity contribution is 9.10. The van der Waals surface area contributed by atoms with Gasteiger partial charge in [-0.25, -0.2) is 18.7 Å². The third kappa shape index (κ3) is 3.37. The van der Waals surface area contributed by atoms with Crippen LogP contribution in [0.15, 0.2) is 27.8 Å². The van der Waals surface area contributed by atoms with Crippen molar-refractivity contribution in [2.45, 2.75) is 5.16 Å². The molecule has 0 aliphatic heterocycles. The maximum Gasteiger partial charge on any atom is 0.191 e. The lowest BCUT2D eigenvalue weighted by molar-refractivity contribution is 0.589. The van der Waals surface area contributed by atoms with Crippen molar-refractivity contribution in [3.63, 3.8) is 0 Å². The van der Waals surface area contributed by atoms with Crippen LogP contribution in [0.4, 0.5) is 26.1 Å². The van der Waals surface area contributed by atoms with Crippen LogP contribution in [-0.2, 0) is 0 Å². The first kappa shape index (κ1) is 15.0. The molecule has 0 spiro atoms. The summed E-state index contributed by atoms with van der Waals surface area (Å²) in [4.78, 5) is 8.33. The zero-order valence-electron chi connectivity index (χ0n) is 10.7. The van der Waals surface area contributed by atoms with Gasteiger partial charge in [0.2, 0.25) is 0 Å². The fourth-order valence-electron chi connectivity index (χ4n) is 1.50. The van der Waals surface area contributed by atoms with Crippen molar-refractivity contribution in [1.82, 2.24) is 9.97 Å². The monoisotopic (exact) mass is 360 g/mol. The number of hydrogen-bond acceptors (Lipinski definition) is 5. The molecular weight excluding hydrogens is 350 g/mol. The molecule has 2 rings (SSSR count). The number of halogens is 3. The lowest BCUT2D eigenvalue weighted by Crippen LogP contribution is -2.03. The molecule has 0 aliphatic carbocycles. The smallest absolute Gasteiger partial charge is 0.191 e. The van der Waals surface area contributed by atoms with Gasteiger partial charge in [0.05, 0.1) is 0 Å². The van der Waals surface area contributed by atoms with E-state index in [2.05, 4.69) is 36.5 Å². The summed E-state index contributed by atoms with van der Waals surface area (Å²) in [7, 11) is 1.71. The molecule has 0 unspecified atom stereocenters. The maximum absolute atomic E-state index is 13.8. The van der Waals surface area contributed by atoms with Crippen LogP contribution in [0.25, 0.3) is 0 Å². The van der Waals surface area contributed by atoms with E-state index in [0.717, 1.165) is 0 Å². The SMILES string of the molecule is CNc1cc(Nc2c(F)cc(Br)cc2F)nc(SC)n1. The molecule has 2 N–H and O–H groups in total. The van der Waals surface area contributed by atoms with E-state index in [1.54, 1.807) is 13.1 Å². The van der Waals surface area contributed by atoms with E-state index in [4.69, 9.17) is 0 Å². The van der Waals surface area contributed by atoms with Crippen LogP contribution in [0, 0.1) is 11.6 Å². The van der Waals surface area contributed by atoms with Gasteiger partial charge >= 0.3 is 0 Å². The van der Waals surface area contributed by atoms with E-state index in [1.165, 1.54) is 23.9 Å². The van der Waals surface area contributed by atoms with Gasteiger partial charge in [-0.1, -0.05) is 27.7 Å². The molecule has 0 amide bonds. The predicted octanol–water partition coefficient (Wildman–Crippen LogP) is 4.02. The van der Waals surface area contributed by atoms with Crippen LogP contribution in [-0.4, -0.2) is 23.3 Å². The average molecular weight is 361 g/mol. The summed E-state index contributed by atoms with van der Waals surface area (Å²) in [6, 6.07) is 3.93. The topological polar surface area (TPSA) is 49.8 Å². The second-order valence-electron chi connectivity index (χ2n) is 3.74. The van der Waals surface area contributed by atoms with Crippen LogP contribution in [0.5, 0.6) is 0 Å². The molecule has 0 atom stereocenters. The van der Waals surface area contributed by atoms with Crippen LogP contribution in [0.2, 0.25) is 0 Å². The van der Waals surface area contributed by atoms with Crippen molar-refractivity contribution in [2.75, 3.05) is 23.9 Å². The average Bonchev–Trinajstić information content (AvgIpc) is 2.42. The fraction of sp³-hybridized carbons (Fsp3) is 0.167. The lowest BCUT2D eigenvalue weighted by atomic mass is 10.3. The van der Waals surface area contributed by atoms with Crippen molar-refractivity contribution in [3.8, 4) is 0 Å². The molecule has 0 bridgehead atoms. The molecule has 106 valence electrons. The minimum atomic E-state index is -0.702. The Bertz CT molecular complexity index is 594. The summed E-state index contributed by atoms with van der Waals surface area (Å²) in [5.41, 5.74) is -0.249. The van der Waals surface area contributed by atoms with E-state index in [1.807, 2.05) is 6.26 Å². The van der Waals surface area contributed by atoms with Crippen molar-refractivity contribution in [3.05, 3.63) is 34.3 Å². The molecule has 8 heteroatoms. The van der Waals surface area contributed by atoms with Crippen molar-refractivity contribution < 1.29 is 8.78 Å². The van der Waals surface area contributed by atoms with Gasteiger partial charge in [-0.3, -0.25) is 0 Å². The van der Waals surface area contributed by atoms with Crippen LogP contribution >= 0.6 is 27.7 Å². The molecule has 20 heavy (non-hydrogen) atoms. The third-order valence-corrected chi connectivity index (χ3v) is 3.41. The second kappa shape index (κ2) is 6.36. The maximum atomic E-state index is 13.8. The largest absolute Gasteiger partial charge is 0.373 e. The summed E-state index contributed by atoms with van der Waals surface area (Å²) in [6.45, 7) is 0. The molecule has 0 saturated carbocycles. The highest BCUT2D eigenvalue weighted by atomic mass is 79.9. The molecule has 0 radical (unpaired) electrons. The summed E-state index contributed by atoms with van der Waals surface area (Å²) in [6.07, 6.45) is 1.82. The second-order valence-corrected chi connectivity index (χ2v) is 5.43. The van der Waals surface area contributed by atoms with Crippen LogP contribution in [0.1, 0.15) is 0 Å². The van der Waals surface area contributed by atoms with Gasteiger partial charge in [-0.05, 0) is 18.4 Å². The van der Waals surface area contributed by atoms with Gasteiger partial charge in [0.1, 0.15) is 17.3 Å². The normalized spacial score (nSPS) is 10.4. The Kier molecular flexibility index (Phi) is 4.77. The van der Waals surface area contributed by atoms with Gasteiger partial charge in [0, 0.05) is 17.6 Å². The van der Waals surface area contributed by atoms with Crippen molar-refractivity contribution in [2.24, 2.45) is 0 Å². The van der Waals surface area contributed by atoms with Gasteiger partial charge in [-0.2, -0.15) is 0 Å². The minimum absolute atomic E-state index is 0.249. The molecule has 4 nitrogen and oxygen atoms in total. The Morgan fingerprint density at radius 3 is 2.25 bits per heavy atom. The molecule has 0 saturated heterocycles. The predicted molar refractivity (Wildman–Crippen MR) is 80.7 cm³/mol. The third-order valence-electron chi connectivity index (χ3n) is 2.40. The van der Waals surface area contributed by atoms with E-state index >= 15 is 0 Å². The molecule has 0 aliphatic rings. The van der Waals surface area contributed by atoms with Gasteiger partial charge in [0.25, 0.3) is 0 Å². The fourth-order valence-corrected chi connectivity index (χ4v) is 2.28. The molecule has 1 aromatic carbocycles. The van der Waals surface area contributed by atoms with Gasteiger partial charge in [0.15, 0.2) is 16.8 Å². The summed E-state index contributed by atoms with van der Waals surface area (Å²) in [5, 5.41) is 6.01. The summed E-state index contributed by atoms with van der Waals surface area (Å²) < 4.78 is 27.9. The zero-order chi connectivity index (χ0) is 14.7. The highest BCUT2D eigenvalue weighted by Gasteiger charge is 2.12. The number of benzene rings is 1. The molecule has 1 aromatic heterocycles. The number of aromatic nitrogens is 2. The van der Waals surface area contributed by atoms with E-state index in [0.29, 0.717) is 21.3 Å². The quantitative estimate of drug-likeness (QED) is 0.636. The lowest BCUT2D eigenvalue weighted by Gasteiger charge is -2.10. The first-order chi connectivity index (χ1) is 9.53. The number of hydrogen-bond donors (Lipinski definition) is 2. The summed E-state index contributed by atoms with van der Waals surface area (Å²) >= 11 is 4.37. The van der Waals surface area contributed by atoms with Crippen LogP contribution < -0.4 is 10.6 Å². The van der Waals surface area contributed by atoms with E-state index < -0.39 is 11.6 Å². The number of nitrogens with one attached hydrogen (secondary N) is 2.